The minimum atomic E-state index is -0.842. The van der Waals surface area contributed by atoms with Gasteiger partial charge in [0.15, 0.2) is 11.6 Å². The highest BCUT2D eigenvalue weighted by atomic mass is 19.2. The third-order valence-electron chi connectivity index (χ3n) is 5.84. The highest BCUT2D eigenvalue weighted by Crippen LogP contribution is 2.37. The van der Waals surface area contributed by atoms with E-state index < -0.39 is 11.6 Å². The molecule has 4 rings (SSSR count). The molecule has 158 valence electrons. The Balaban J connectivity index is 1.56. The molecule has 31 heavy (non-hydrogen) atoms. The molecule has 0 saturated carbocycles. The zero-order chi connectivity index (χ0) is 21.8. The summed E-state index contributed by atoms with van der Waals surface area (Å²) in [5, 5.41) is 8.94. The quantitative estimate of drug-likeness (QED) is 0.569. The van der Waals surface area contributed by atoms with E-state index in [-0.39, 0.29) is 17.9 Å². The second kappa shape index (κ2) is 9.23. The molecule has 1 fully saturated rings. The van der Waals surface area contributed by atoms with Gasteiger partial charge < -0.3 is 4.74 Å². The number of benzene rings is 2. The average Bonchev–Trinajstić information content (AvgIpc) is 3.21. The Hall–Kier alpha value is -3.30. The molecule has 0 radical (unpaired) electrons. The average molecular weight is 419 g/mol. The molecule has 0 amide bonds. The predicted octanol–water partition coefficient (Wildman–Crippen LogP) is 4.91. The molecule has 3 aromatic rings. The lowest BCUT2D eigenvalue weighted by molar-refractivity contribution is 0.138. The van der Waals surface area contributed by atoms with Gasteiger partial charge in [0, 0.05) is 43.7 Å². The van der Waals surface area contributed by atoms with Gasteiger partial charge >= 0.3 is 0 Å². The monoisotopic (exact) mass is 419 g/mol. The third kappa shape index (κ3) is 4.89. The molecule has 2 heterocycles. The van der Waals surface area contributed by atoms with E-state index in [0.29, 0.717) is 11.4 Å². The summed E-state index contributed by atoms with van der Waals surface area (Å²) >= 11 is 0. The number of rotatable bonds is 6. The SMILES string of the molecule is C[C@H](Oc1ccc(C#N)cn1)[C@@H]1CN(Cc2ccccc2)C[C@@H]1c1ccc(F)c(F)c1. The maximum absolute atomic E-state index is 14.0. The van der Waals surface area contributed by atoms with Crippen LogP contribution in [0.15, 0.2) is 66.9 Å². The molecule has 6 heteroatoms. The number of ether oxygens (including phenoxy) is 1. The molecule has 0 spiro atoms. The fourth-order valence-electron chi connectivity index (χ4n) is 4.25. The van der Waals surface area contributed by atoms with E-state index in [1.165, 1.54) is 23.9 Å². The number of halogens is 2. The lowest BCUT2D eigenvalue weighted by Crippen LogP contribution is -2.30. The standard InChI is InChI=1S/C25H23F2N3O/c1-17(31-25-10-7-19(12-28)13-29-25)21-15-30(14-18-5-3-2-4-6-18)16-22(21)20-8-9-23(26)24(27)11-20/h2-11,13,17,21-22H,14-16H2,1H3/t17-,21-,22+/m0/s1. The van der Waals surface area contributed by atoms with Gasteiger partial charge in [0.05, 0.1) is 5.56 Å². The summed E-state index contributed by atoms with van der Waals surface area (Å²) in [6, 6.07) is 19.7. The first kappa shape index (κ1) is 21.0. The van der Waals surface area contributed by atoms with Gasteiger partial charge in [-0.05, 0) is 36.2 Å². The molecular formula is C25H23F2N3O. The number of pyridine rings is 1. The molecule has 0 bridgehead atoms. The number of nitriles is 1. The number of hydrogen-bond donors (Lipinski definition) is 0. The molecule has 1 aromatic heterocycles. The Morgan fingerprint density at radius 3 is 2.58 bits per heavy atom. The maximum atomic E-state index is 14.0. The van der Waals surface area contributed by atoms with Gasteiger partial charge in [0.2, 0.25) is 5.88 Å². The maximum Gasteiger partial charge on any atom is 0.213 e. The minimum Gasteiger partial charge on any atom is -0.474 e. The van der Waals surface area contributed by atoms with Crippen LogP contribution < -0.4 is 4.74 Å². The molecule has 0 N–H and O–H groups in total. The van der Waals surface area contributed by atoms with Crippen molar-refractivity contribution < 1.29 is 13.5 Å². The van der Waals surface area contributed by atoms with Gasteiger partial charge in [-0.1, -0.05) is 36.4 Å². The fourth-order valence-corrected chi connectivity index (χ4v) is 4.25. The zero-order valence-corrected chi connectivity index (χ0v) is 17.2. The van der Waals surface area contributed by atoms with Crippen LogP contribution in [0.25, 0.3) is 0 Å². The van der Waals surface area contributed by atoms with E-state index in [2.05, 4.69) is 22.0 Å². The van der Waals surface area contributed by atoms with Crippen LogP contribution in [0.4, 0.5) is 8.78 Å². The van der Waals surface area contributed by atoms with Crippen LogP contribution >= 0.6 is 0 Å². The lowest BCUT2D eigenvalue weighted by Gasteiger charge is -2.25. The van der Waals surface area contributed by atoms with Gasteiger partial charge in [-0.25, -0.2) is 13.8 Å². The van der Waals surface area contributed by atoms with Crippen molar-refractivity contribution in [3.8, 4) is 11.9 Å². The van der Waals surface area contributed by atoms with Crippen LogP contribution in [-0.4, -0.2) is 29.1 Å². The van der Waals surface area contributed by atoms with Gasteiger partial charge in [0.1, 0.15) is 12.2 Å². The molecule has 1 aliphatic rings. The van der Waals surface area contributed by atoms with E-state index in [4.69, 9.17) is 10.00 Å². The molecule has 3 atom stereocenters. The van der Waals surface area contributed by atoms with Crippen molar-refractivity contribution >= 4 is 0 Å². The van der Waals surface area contributed by atoms with Crippen molar-refractivity contribution in [2.24, 2.45) is 5.92 Å². The summed E-state index contributed by atoms with van der Waals surface area (Å²) < 4.78 is 33.6. The highest BCUT2D eigenvalue weighted by molar-refractivity contribution is 5.29. The molecule has 1 saturated heterocycles. The third-order valence-corrected chi connectivity index (χ3v) is 5.84. The van der Waals surface area contributed by atoms with Gasteiger partial charge in [-0.2, -0.15) is 5.26 Å². The Morgan fingerprint density at radius 1 is 1.10 bits per heavy atom. The minimum absolute atomic E-state index is 0.00723. The summed E-state index contributed by atoms with van der Waals surface area (Å²) in [5.74, 6) is -1.18. The van der Waals surface area contributed by atoms with Gasteiger partial charge in [-0.15, -0.1) is 0 Å². The van der Waals surface area contributed by atoms with Crippen molar-refractivity contribution in [1.29, 1.82) is 5.26 Å². The van der Waals surface area contributed by atoms with Crippen LogP contribution in [0.2, 0.25) is 0 Å². The normalized spacial score (nSPS) is 19.7. The Kier molecular flexibility index (Phi) is 6.24. The number of aromatic nitrogens is 1. The Morgan fingerprint density at radius 2 is 1.90 bits per heavy atom. The zero-order valence-electron chi connectivity index (χ0n) is 17.2. The van der Waals surface area contributed by atoms with E-state index in [9.17, 15) is 8.78 Å². The largest absolute Gasteiger partial charge is 0.474 e. The van der Waals surface area contributed by atoms with Gasteiger partial charge in [-0.3, -0.25) is 4.90 Å². The van der Waals surface area contributed by atoms with E-state index in [0.717, 1.165) is 25.2 Å². The predicted molar refractivity (Wildman–Crippen MR) is 113 cm³/mol. The number of hydrogen-bond acceptors (Lipinski definition) is 4. The van der Waals surface area contributed by atoms with Crippen LogP contribution in [0.1, 0.15) is 29.5 Å². The summed E-state index contributed by atoms with van der Waals surface area (Å²) in [6.07, 6.45) is 1.27. The van der Waals surface area contributed by atoms with E-state index in [1.807, 2.05) is 31.2 Å². The molecule has 0 aliphatic carbocycles. The van der Waals surface area contributed by atoms with E-state index in [1.54, 1.807) is 18.2 Å². The fraction of sp³-hybridized carbons (Fsp3) is 0.280. The topological polar surface area (TPSA) is 49.1 Å². The Bertz CT molecular complexity index is 1070. The van der Waals surface area contributed by atoms with Crippen LogP contribution in [0, 0.1) is 28.9 Å². The van der Waals surface area contributed by atoms with Crippen molar-refractivity contribution in [2.75, 3.05) is 13.1 Å². The molecule has 0 unspecified atom stereocenters. The van der Waals surface area contributed by atoms with Crippen molar-refractivity contribution in [3.05, 3.63) is 95.2 Å². The van der Waals surface area contributed by atoms with Crippen molar-refractivity contribution in [1.82, 2.24) is 9.88 Å². The summed E-state index contributed by atoms with van der Waals surface area (Å²) in [5.41, 5.74) is 2.44. The van der Waals surface area contributed by atoms with E-state index >= 15 is 0 Å². The molecular weight excluding hydrogens is 396 g/mol. The number of nitrogens with zero attached hydrogens (tertiary/aromatic N) is 3. The molecule has 4 nitrogen and oxygen atoms in total. The van der Waals surface area contributed by atoms with Crippen LogP contribution in [0.3, 0.4) is 0 Å². The number of likely N-dealkylation sites (tertiary alicyclic amines) is 1. The summed E-state index contributed by atoms with van der Waals surface area (Å²) in [7, 11) is 0. The second-order valence-electron chi connectivity index (χ2n) is 7.94. The van der Waals surface area contributed by atoms with Crippen molar-refractivity contribution in [3.63, 3.8) is 0 Å². The Labute approximate surface area is 180 Å². The van der Waals surface area contributed by atoms with Crippen LogP contribution in [-0.2, 0) is 6.54 Å². The smallest absolute Gasteiger partial charge is 0.213 e. The first-order chi connectivity index (χ1) is 15.0. The summed E-state index contributed by atoms with van der Waals surface area (Å²) in [6.45, 7) is 4.23. The van der Waals surface area contributed by atoms with Crippen molar-refractivity contribution in [2.45, 2.75) is 25.5 Å². The molecule has 2 aromatic carbocycles. The summed E-state index contributed by atoms with van der Waals surface area (Å²) in [4.78, 5) is 6.52. The van der Waals surface area contributed by atoms with Crippen LogP contribution in [0.5, 0.6) is 5.88 Å². The second-order valence-corrected chi connectivity index (χ2v) is 7.94. The van der Waals surface area contributed by atoms with Gasteiger partial charge in [0.25, 0.3) is 0 Å². The first-order valence-electron chi connectivity index (χ1n) is 10.3. The lowest BCUT2D eigenvalue weighted by atomic mass is 9.85. The molecule has 1 aliphatic heterocycles. The highest BCUT2D eigenvalue weighted by Gasteiger charge is 2.38. The first-order valence-corrected chi connectivity index (χ1v) is 10.3.